The Hall–Kier alpha value is -1.70. The minimum atomic E-state index is 0.853. The number of rotatable bonds is 2. The number of hydrogen-bond acceptors (Lipinski definition) is 2. The van der Waals surface area contributed by atoms with Crippen LogP contribution in [-0.2, 0) is 6.42 Å². The number of nitrogens with zero attached hydrogens (tertiary/aromatic N) is 2. The van der Waals surface area contributed by atoms with Crippen LogP contribution in [0.2, 0.25) is 0 Å². The van der Waals surface area contributed by atoms with Crippen LogP contribution in [0.3, 0.4) is 0 Å². The monoisotopic (exact) mass is 183 g/mol. The molecule has 69 valence electrons. The van der Waals surface area contributed by atoms with Crippen LogP contribution in [-0.4, -0.2) is 9.97 Å². The van der Waals surface area contributed by atoms with Gasteiger partial charge in [0.05, 0.1) is 6.20 Å². The summed E-state index contributed by atoms with van der Waals surface area (Å²) in [6.45, 7) is 2.02. The fourth-order valence-electron chi connectivity index (χ4n) is 1.35. The van der Waals surface area contributed by atoms with E-state index in [4.69, 9.17) is 0 Å². The highest BCUT2D eigenvalue weighted by Gasteiger charge is 1.99. The maximum Gasteiger partial charge on any atom is 0.0920 e. The van der Waals surface area contributed by atoms with Gasteiger partial charge >= 0.3 is 0 Å². The van der Waals surface area contributed by atoms with Gasteiger partial charge in [-0.15, -0.1) is 0 Å². The molecule has 1 radical (unpaired) electrons. The Bertz CT molecular complexity index is 410. The van der Waals surface area contributed by atoms with Crippen LogP contribution >= 0.6 is 0 Å². The summed E-state index contributed by atoms with van der Waals surface area (Å²) in [6.07, 6.45) is 7.38. The summed E-state index contributed by atoms with van der Waals surface area (Å²) < 4.78 is 0. The van der Waals surface area contributed by atoms with Gasteiger partial charge in [-0.1, -0.05) is 6.07 Å². The zero-order valence-corrected chi connectivity index (χ0v) is 8.07. The van der Waals surface area contributed by atoms with Gasteiger partial charge in [0.25, 0.3) is 0 Å². The van der Waals surface area contributed by atoms with Gasteiger partial charge in [-0.2, -0.15) is 0 Å². The van der Waals surface area contributed by atoms with E-state index in [-0.39, 0.29) is 0 Å². The van der Waals surface area contributed by atoms with E-state index in [2.05, 4.69) is 16.2 Å². The Labute approximate surface area is 83.7 Å². The Kier molecular flexibility index (Phi) is 2.54. The maximum absolute atomic E-state index is 4.28. The number of aryl methyl sites for hydroxylation is 1. The first kappa shape index (κ1) is 8.88. The molecule has 0 aliphatic heterocycles. The summed E-state index contributed by atoms with van der Waals surface area (Å²) in [4.78, 5) is 8.22. The van der Waals surface area contributed by atoms with E-state index in [0.29, 0.717) is 0 Å². The predicted molar refractivity (Wildman–Crippen MR) is 54.9 cm³/mol. The van der Waals surface area contributed by atoms with Crippen LogP contribution in [0, 0.1) is 13.1 Å². The molecule has 2 nitrogen and oxygen atoms in total. The zero-order chi connectivity index (χ0) is 9.80. The van der Waals surface area contributed by atoms with E-state index in [1.165, 1.54) is 5.56 Å². The molecule has 2 heterocycles. The normalized spacial score (nSPS) is 10.1. The van der Waals surface area contributed by atoms with E-state index >= 15 is 0 Å². The van der Waals surface area contributed by atoms with Crippen LogP contribution in [0.1, 0.15) is 16.8 Å². The lowest BCUT2D eigenvalue weighted by Gasteiger charge is -2.02. The van der Waals surface area contributed by atoms with Gasteiger partial charge in [-0.05, 0) is 36.2 Å². The summed E-state index contributed by atoms with van der Waals surface area (Å²) >= 11 is 0. The molecule has 0 saturated heterocycles. The van der Waals surface area contributed by atoms with Crippen LogP contribution in [0.4, 0.5) is 0 Å². The molecule has 2 rings (SSSR count). The fourth-order valence-corrected chi connectivity index (χ4v) is 1.35. The number of aromatic nitrogens is 2. The molecular formula is C12H11N2. The van der Waals surface area contributed by atoms with Crippen molar-refractivity contribution in [2.45, 2.75) is 13.3 Å². The molecular weight excluding hydrogens is 172 g/mol. The second kappa shape index (κ2) is 4.01. The molecule has 0 bridgehead atoms. The first-order valence-corrected chi connectivity index (χ1v) is 4.58. The highest BCUT2D eigenvalue weighted by molar-refractivity contribution is 5.25. The molecule has 0 aromatic carbocycles. The average molecular weight is 183 g/mol. The average Bonchev–Trinajstić information content (AvgIpc) is 2.23. The minimum Gasteiger partial charge on any atom is -0.261 e. The lowest BCUT2D eigenvalue weighted by molar-refractivity contribution is 1.04. The van der Waals surface area contributed by atoms with Crippen molar-refractivity contribution in [1.82, 2.24) is 9.97 Å². The largest absolute Gasteiger partial charge is 0.261 e. The molecule has 0 spiro atoms. The summed E-state index contributed by atoms with van der Waals surface area (Å²) in [5, 5.41) is 0. The van der Waals surface area contributed by atoms with E-state index in [1.54, 1.807) is 6.20 Å². The molecule has 2 aromatic heterocycles. The molecule has 0 aliphatic carbocycles. The summed E-state index contributed by atoms with van der Waals surface area (Å²) in [5.74, 6) is 0. The topological polar surface area (TPSA) is 25.8 Å². The fraction of sp³-hybridized carbons (Fsp3) is 0.167. The van der Waals surface area contributed by atoms with Crippen LogP contribution < -0.4 is 0 Å². The first-order valence-electron chi connectivity index (χ1n) is 4.58. The molecule has 0 amide bonds. The standard InChI is InChI=1S/C12H11N2/c1-10-9-13-7-5-11(10)8-12-4-2-3-6-14-12/h2-7H,8H2,1H3. The van der Waals surface area contributed by atoms with Crippen LogP contribution in [0.25, 0.3) is 0 Å². The van der Waals surface area contributed by atoms with Crippen molar-refractivity contribution in [2.24, 2.45) is 0 Å². The predicted octanol–water partition coefficient (Wildman–Crippen LogP) is 2.18. The molecule has 0 N–H and O–H groups in total. The molecule has 2 aromatic rings. The van der Waals surface area contributed by atoms with Gasteiger partial charge in [0.15, 0.2) is 0 Å². The zero-order valence-electron chi connectivity index (χ0n) is 8.07. The molecule has 0 unspecified atom stereocenters. The highest BCUT2D eigenvalue weighted by atomic mass is 14.7. The van der Waals surface area contributed by atoms with Crippen LogP contribution in [0.5, 0.6) is 0 Å². The molecule has 2 heteroatoms. The van der Waals surface area contributed by atoms with Crippen molar-refractivity contribution >= 4 is 0 Å². The Balaban J connectivity index is 2.24. The van der Waals surface area contributed by atoms with Crippen molar-refractivity contribution < 1.29 is 0 Å². The van der Waals surface area contributed by atoms with Gasteiger partial charge in [0.2, 0.25) is 0 Å². The molecule has 0 atom stereocenters. The third kappa shape index (κ3) is 1.96. The Morgan fingerprint density at radius 2 is 2.14 bits per heavy atom. The van der Waals surface area contributed by atoms with E-state index < -0.39 is 0 Å². The number of hydrogen-bond donors (Lipinski definition) is 0. The lowest BCUT2D eigenvalue weighted by atomic mass is 10.1. The van der Waals surface area contributed by atoms with Crippen molar-refractivity contribution in [3.05, 3.63) is 59.7 Å². The summed E-state index contributed by atoms with van der Waals surface area (Å²) in [6, 6.07) is 7.97. The minimum absolute atomic E-state index is 0.853. The van der Waals surface area contributed by atoms with E-state index in [9.17, 15) is 0 Å². The second-order valence-corrected chi connectivity index (χ2v) is 3.20. The van der Waals surface area contributed by atoms with Gasteiger partial charge in [0.1, 0.15) is 0 Å². The molecule has 0 saturated carbocycles. The van der Waals surface area contributed by atoms with Crippen molar-refractivity contribution in [1.29, 1.82) is 0 Å². The number of pyridine rings is 2. The van der Waals surface area contributed by atoms with Gasteiger partial charge in [0, 0.05) is 24.5 Å². The lowest BCUT2D eigenvalue weighted by Crippen LogP contribution is -1.94. The summed E-state index contributed by atoms with van der Waals surface area (Å²) in [5.41, 5.74) is 3.41. The Morgan fingerprint density at radius 3 is 2.86 bits per heavy atom. The SMILES string of the molecule is Cc1[c]nccc1Cc1ccccn1. The quantitative estimate of drug-likeness (QED) is 0.713. The summed E-state index contributed by atoms with van der Waals surface area (Å²) in [7, 11) is 0. The molecule has 0 fully saturated rings. The van der Waals surface area contributed by atoms with Crippen LogP contribution in [0.15, 0.2) is 36.7 Å². The van der Waals surface area contributed by atoms with E-state index in [0.717, 1.165) is 17.7 Å². The van der Waals surface area contributed by atoms with Crippen molar-refractivity contribution in [2.75, 3.05) is 0 Å². The second-order valence-electron chi connectivity index (χ2n) is 3.20. The van der Waals surface area contributed by atoms with Gasteiger partial charge < -0.3 is 0 Å². The highest BCUT2D eigenvalue weighted by Crippen LogP contribution is 2.09. The molecule has 0 aliphatic rings. The van der Waals surface area contributed by atoms with Crippen molar-refractivity contribution in [3.8, 4) is 0 Å². The maximum atomic E-state index is 4.28. The smallest absolute Gasteiger partial charge is 0.0920 e. The van der Waals surface area contributed by atoms with Gasteiger partial charge in [-0.3, -0.25) is 9.97 Å². The first-order chi connectivity index (χ1) is 6.86. The van der Waals surface area contributed by atoms with E-state index in [1.807, 2.05) is 37.4 Å². The Morgan fingerprint density at radius 1 is 1.21 bits per heavy atom. The molecule has 14 heavy (non-hydrogen) atoms. The van der Waals surface area contributed by atoms with Crippen molar-refractivity contribution in [3.63, 3.8) is 0 Å². The van der Waals surface area contributed by atoms with Gasteiger partial charge in [-0.25, -0.2) is 0 Å². The third-order valence-corrected chi connectivity index (χ3v) is 2.16. The third-order valence-electron chi connectivity index (χ3n) is 2.16.